The van der Waals surface area contributed by atoms with Crippen LogP contribution in [0.25, 0.3) is 0 Å². The summed E-state index contributed by atoms with van der Waals surface area (Å²) in [6, 6.07) is -0.178. The average molecular weight is 427 g/mol. The molecule has 9 heteroatoms. The molecule has 0 spiro atoms. The largest absolute Gasteiger partial charge is 0.339 e. The predicted octanol–water partition coefficient (Wildman–Crippen LogP) is 2.25. The molecule has 1 saturated heterocycles. The minimum atomic E-state index is -3.39. The van der Waals surface area contributed by atoms with Gasteiger partial charge in [0.05, 0.1) is 12.3 Å². The molecule has 0 unspecified atom stereocenters. The van der Waals surface area contributed by atoms with Crippen molar-refractivity contribution < 1.29 is 17.7 Å². The summed E-state index contributed by atoms with van der Waals surface area (Å²) < 4.78 is 31.4. The zero-order valence-electron chi connectivity index (χ0n) is 18.1. The minimum Gasteiger partial charge on any atom is -0.339 e. The lowest BCUT2D eigenvalue weighted by Gasteiger charge is -2.48. The van der Waals surface area contributed by atoms with E-state index in [0.717, 1.165) is 25.7 Å². The molecule has 1 aromatic rings. The van der Waals surface area contributed by atoms with Crippen molar-refractivity contribution in [1.82, 2.24) is 19.3 Å². The first kappa shape index (κ1) is 22.2. The van der Waals surface area contributed by atoms with Gasteiger partial charge in [-0.25, -0.2) is 8.42 Å². The summed E-state index contributed by atoms with van der Waals surface area (Å²) in [6.45, 7) is 7.43. The molecular formula is C20H34N4O4S. The van der Waals surface area contributed by atoms with E-state index in [9.17, 15) is 13.2 Å². The van der Waals surface area contributed by atoms with Crippen molar-refractivity contribution in [3.05, 3.63) is 11.7 Å². The summed E-state index contributed by atoms with van der Waals surface area (Å²) in [6.07, 6.45) is 7.58. The number of rotatable bonds is 8. The van der Waals surface area contributed by atoms with Crippen LogP contribution in [0.1, 0.15) is 64.6 Å². The molecule has 2 aliphatic rings. The molecule has 2 heterocycles. The van der Waals surface area contributed by atoms with E-state index in [4.69, 9.17) is 4.52 Å². The van der Waals surface area contributed by atoms with Gasteiger partial charge in [-0.05, 0) is 18.8 Å². The Morgan fingerprint density at radius 2 is 1.93 bits per heavy atom. The molecule has 1 aromatic heterocycles. The highest BCUT2D eigenvalue weighted by Gasteiger charge is 2.45. The van der Waals surface area contributed by atoms with Crippen LogP contribution in [0.2, 0.25) is 0 Å². The second-order valence-electron chi connectivity index (χ2n) is 9.31. The molecule has 164 valence electrons. The summed E-state index contributed by atoms with van der Waals surface area (Å²) in [5, 5.41) is 3.97. The van der Waals surface area contributed by atoms with Crippen molar-refractivity contribution in [2.45, 2.75) is 71.8 Å². The molecule has 1 aliphatic carbocycles. The van der Waals surface area contributed by atoms with Gasteiger partial charge in [0.25, 0.3) is 0 Å². The van der Waals surface area contributed by atoms with Crippen molar-refractivity contribution in [3.63, 3.8) is 0 Å². The van der Waals surface area contributed by atoms with Crippen LogP contribution in [0, 0.1) is 11.3 Å². The van der Waals surface area contributed by atoms with Crippen LogP contribution in [0.5, 0.6) is 0 Å². The van der Waals surface area contributed by atoms with Crippen LogP contribution in [-0.4, -0.2) is 65.6 Å². The Hall–Kier alpha value is -1.48. The van der Waals surface area contributed by atoms with Crippen molar-refractivity contribution in [1.29, 1.82) is 0 Å². The first-order valence-electron chi connectivity index (χ1n) is 10.7. The molecule has 1 amide bonds. The number of likely N-dealkylation sites (tertiary alicyclic amines) is 1. The first-order valence-corrected chi connectivity index (χ1v) is 12.5. The van der Waals surface area contributed by atoms with Crippen LogP contribution in [0.15, 0.2) is 4.52 Å². The van der Waals surface area contributed by atoms with E-state index in [2.05, 4.69) is 30.9 Å². The van der Waals surface area contributed by atoms with Gasteiger partial charge in [-0.3, -0.25) is 4.79 Å². The number of sulfonamides is 1. The van der Waals surface area contributed by atoms with E-state index in [1.807, 2.05) is 4.90 Å². The van der Waals surface area contributed by atoms with Crippen LogP contribution in [0.4, 0.5) is 0 Å². The molecule has 29 heavy (non-hydrogen) atoms. The highest BCUT2D eigenvalue weighted by atomic mass is 32.2. The maximum atomic E-state index is 12.9. The van der Waals surface area contributed by atoms with Crippen LogP contribution >= 0.6 is 0 Å². The van der Waals surface area contributed by atoms with E-state index < -0.39 is 10.0 Å². The molecule has 0 N–H and O–H groups in total. The number of hydrogen-bond donors (Lipinski definition) is 0. The third-order valence-electron chi connectivity index (χ3n) is 6.10. The molecule has 0 aromatic carbocycles. The molecule has 3 rings (SSSR count). The molecule has 2 fully saturated rings. The third kappa shape index (κ3) is 5.36. The summed E-state index contributed by atoms with van der Waals surface area (Å²) in [4.78, 5) is 19.1. The number of carbonyl (C=O) groups is 1. The number of nitrogens with zero attached hydrogens (tertiary/aromatic N) is 4. The van der Waals surface area contributed by atoms with Gasteiger partial charge < -0.3 is 9.42 Å². The Kier molecular flexibility index (Phi) is 6.67. The topological polar surface area (TPSA) is 96.6 Å². The molecule has 0 bridgehead atoms. The Morgan fingerprint density at radius 1 is 1.28 bits per heavy atom. The zero-order valence-corrected chi connectivity index (χ0v) is 18.9. The van der Waals surface area contributed by atoms with Gasteiger partial charge in [-0.15, -0.1) is 0 Å². The molecule has 1 saturated carbocycles. The number of carbonyl (C=O) groups excluding carboxylic acids is 1. The average Bonchev–Trinajstić information content (AvgIpc) is 3.02. The third-order valence-corrected chi connectivity index (χ3v) is 7.44. The summed E-state index contributed by atoms with van der Waals surface area (Å²) in [5.41, 5.74) is -0.281. The second-order valence-corrected chi connectivity index (χ2v) is 11.2. The van der Waals surface area contributed by atoms with Crippen LogP contribution in [-0.2, 0) is 27.7 Å². The summed E-state index contributed by atoms with van der Waals surface area (Å²) in [7, 11) is -3.39. The maximum Gasteiger partial charge on any atom is 0.228 e. The molecule has 1 aliphatic heterocycles. The molecule has 0 atom stereocenters. The number of aromatic nitrogens is 2. The van der Waals surface area contributed by atoms with Gasteiger partial charge in [0.1, 0.15) is 0 Å². The number of hydrogen-bond acceptors (Lipinski definition) is 6. The van der Waals surface area contributed by atoms with E-state index in [1.165, 1.54) is 17.0 Å². The molecular weight excluding hydrogens is 392 g/mol. The van der Waals surface area contributed by atoms with Gasteiger partial charge >= 0.3 is 0 Å². The Morgan fingerprint density at radius 3 is 2.52 bits per heavy atom. The first-order chi connectivity index (χ1) is 13.6. The van der Waals surface area contributed by atoms with E-state index in [0.29, 0.717) is 50.1 Å². The molecule has 8 nitrogen and oxygen atoms in total. The standard InChI is InChI=1S/C20H34N4O4S/c1-15(2)12-18-21-17(22-28-18)8-11-24(29(4,26)27)16-13-23(14-16)19(25)20(3)9-6-5-7-10-20/h15-16H,5-14H2,1-4H3. The predicted molar refractivity (Wildman–Crippen MR) is 110 cm³/mol. The number of amides is 1. The quantitative estimate of drug-likeness (QED) is 0.632. The fraction of sp³-hybridized carbons (Fsp3) is 0.850. The summed E-state index contributed by atoms with van der Waals surface area (Å²) in [5.74, 6) is 1.71. The normalized spacial score (nSPS) is 20.3. The van der Waals surface area contributed by atoms with Crippen LogP contribution in [0.3, 0.4) is 0 Å². The summed E-state index contributed by atoms with van der Waals surface area (Å²) >= 11 is 0. The van der Waals surface area contributed by atoms with Crippen molar-refractivity contribution in [3.8, 4) is 0 Å². The van der Waals surface area contributed by atoms with Crippen molar-refractivity contribution >= 4 is 15.9 Å². The Bertz CT molecular complexity index is 808. The van der Waals surface area contributed by atoms with E-state index >= 15 is 0 Å². The minimum absolute atomic E-state index is 0.178. The Labute approximate surface area is 174 Å². The Balaban J connectivity index is 1.57. The zero-order chi connectivity index (χ0) is 21.2. The van der Waals surface area contributed by atoms with E-state index in [-0.39, 0.29) is 17.4 Å². The lowest BCUT2D eigenvalue weighted by molar-refractivity contribution is -0.149. The van der Waals surface area contributed by atoms with Gasteiger partial charge in [0.2, 0.25) is 21.8 Å². The van der Waals surface area contributed by atoms with Crippen LogP contribution < -0.4 is 0 Å². The monoisotopic (exact) mass is 426 g/mol. The fourth-order valence-corrected chi connectivity index (χ4v) is 5.48. The van der Waals surface area contributed by atoms with Gasteiger partial charge in [-0.1, -0.05) is 45.2 Å². The van der Waals surface area contributed by atoms with Gasteiger partial charge in [0, 0.05) is 37.9 Å². The smallest absolute Gasteiger partial charge is 0.228 e. The lowest BCUT2D eigenvalue weighted by Crippen LogP contribution is -2.64. The van der Waals surface area contributed by atoms with Gasteiger partial charge in [-0.2, -0.15) is 9.29 Å². The van der Waals surface area contributed by atoms with Crippen molar-refractivity contribution in [2.75, 3.05) is 25.9 Å². The van der Waals surface area contributed by atoms with Crippen molar-refractivity contribution in [2.24, 2.45) is 11.3 Å². The van der Waals surface area contributed by atoms with E-state index in [1.54, 1.807) is 0 Å². The fourth-order valence-electron chi connectivity index (χ4n) is 4.38. The van der Waals surface area contributed by atoms with Gasteiger partial charge in [0.15, 0.2) is 5.82 Å². The maximum absolute atomic E-state index is 12.9. The lowest BCUT2D eigenvalue weighted by atomic mass is 9.74. The highest BCUT2D eigenvalue weighted by molar-refractivity contribution is 7.88. The SMILES string of the molecule is CC(C)Cc1nc(CCN(C2CN(C(=O)C3(C)CCCCC3)C2)S(C)(=O)=O)no1. The molecule has 0 radical (unpaired) electrons. The highest BCUT2D eigenvalue weighted by Crippen LogP contribution is 2.38. The second kappa shape index (κ2) is 8.71.